The SMILES string of the molecule is OC(=C(Cl)C(Cl)Cl)c1ccc(Cl)cc1. The van der Waals surface area contributed by atoms with Gasteiger partial charge >= 0.3 is 0 Å². The summed E-state index contributed by atoms with van der Waals surface area (Å²) in [6.07, 6.45) is 0. The van der Waals surface area contributed by atoms with Crippen LogP contribution in [-0.2, 0) is 0 Å². The van der Waals surface area contributed by atoms with E-state index in [0.29, 0.717) is 10.6 Å². The van der Waals surface area contributed by atoms with Crippen molar-refractivity contribution in [2.24, 2.45) is 0 Å². The predicted octanol–water partition coefficient (Wildman–Crippen LogP) is 4.61. The lowest BCUT2D eigenvalue weighted by molar-refractivity contribution is 0.509. The second-order valence-electron chi connectivity index (χ2n) is 2.50. The molecule has 1 aromatic carbocycles. The Morgan fingerprint density at radius 1 is 1.14 bits per heavy atom. The second-order valence-corrected chi connectivity index (χ2v) is 4.44. The number of aliphatic hydroxyl groups is 1. The molecule has 0 atom stereocenters. The maximum atomic E-state index is 9.59. The van der Waals surface area contributed by atoms with Gasteiger partial charge in [-0.05, 0) is 24.3 Å². The molecule has 0 aliphatic rings. The van der Waals surface area contributed by atoms with Gasteiger partial charge in [0.2, 0.25) is 0 Å². The van der Waals surface area contributed by atoms with Crippen molar-refractivity contribution in [3.05, 3.63) is 39.9 Å². The molecule has 0 saturated carbocycles. The van der Waals surface area contributed by atoms with Crippen LogP contribution in [0.4, 0.5) is 0 Å². The molecule has 76 valence electrons. The van der Waals surface area contributed by atoms with E-state index in [1.807, 2.05) is 0 Å². The third-order valence-electron chi connectivity index (χ3n) is 1.54. The first-order valence-electron chi connectivity index (χ1n) is 3.65. The number of hydrogen-bond acceptors (Lipinski definition) is 1. The molecular formula is C9H6Cl4O. The summed E-state index contributed by atoms with van der Waals surface area (Å²) >= 11 is 22.3. The van der Waals surface area contributed by atoms with Crippen LogP contribution in [0.2, 0.25) is 5.02 Å². The molecule has 0 aliphatic heterocycles. The van der Waals surface area contributed by atoms with E-state index in [-0.39, 0.29) is 10.8 Å². The number of hydrogen-bond donors (Lipinski definition) is 1. The third kappa shape index (κ3) is 2.96. The monoisotopic (exact) mass is 270 g/mol. The van der Waals surface area contributed by atoms with Gasteiger partial charge in [-0.1, -0.05) is 46.4 Å². The van der Waals surface area contributed by atoms with Gasteiger partial charge < -0.3 is 5.11 Å². The fourth-order valence-corrected chi connectivity index (χ4v) is 1.29. The Bertz CT molecular complexity index is 342. The first-order chi connectivity index (χ1) is 6.52. The van der Waals surface area contributed by atoms with E-state index < -0.39 is 4.84 Å². The Kier molecular flexibility index (Phi) is 4.39. The lowest BCUT2D eigenvalue weighted by Crippen LogP contribution is -1.93. The lowest BCUT2D eigenvalue weighted by Gasteiger charge is -2.04. The summed E-state index contributed by atoms with van der Waals surface area (Å²) in [5, 5.41) is 10.2. The van der Waals surface area contributed by atoms with Crippen molar-refractivity contribution in [3.63, 3.8) is 0 Å². The van der Waals surface area contributed by atoms with E-state index in [2.05, 4.69) is 0 Å². The first-order valence-corrected chi connectivity index (χ1v) is 5.28. The van der Waals surface area contributed by atoms with Gasteiger partial charge in [0.15, 0.2) is 0 Å². The summed E-state index contributed by atoms with van der Waals surface area (Å²) in [5.74, 6) is -0.140. The maximum absolute atomic E-state index is 9.59. The Hall–Kier alpha value is -0.0800. The molecule has 5 heteroatoms. The third-order valence-corrected chi connectivity index (χ3v) is 2.84. The smallest absolute Gasteiger partial charge is 0.146 e. The standard InChI is InChI=1S/C9H6Cl4O/c10-6-3-1-5(2-4-6)8(14)7(11)9(12)13/h1-4,9,14H. The van der Waals surface area contributed by atoms with Crippen LogP contribution in [0.25, 0.3) is 5.76 Å². The van der Waals surface area contributed by atoms with Crippen LogP contribution >= 0.6 is 46.4 Å². The fraction of sp³-hybridized carbons (Fsp3) is 0.111. The van der Waals surface area contributed by atoms with E-state index in [1.54, 1.807) is 24.3 Å². The minimum atomic E-state index is -0.938. The largest absolute Gasteiger partial charge is 0.506 e. The number of halogens is 4. The van der Waals surface area contributed by atoms with Crippen molar-refractivity contribution in [3.8, 4) is 0 Å². The molecule has 0 aromatic heterocycles. The predicted molar refractivity (Wildman–Crippen MR) is 62.3 cm³/mol. The molecule has 1 rings (SSSR count). The van der Waals surface area contributed by atoms with Gasteiger partial charge in [-0.15, -0.1) is 0 Å². The van der Waals surface area contributed by atoms with Crippen molar-refractivity contribution in [1.29, 1.82) is 0 Å². The van der Waals surface area contributed by atoms with Crippen LogP contribution < -0.4 is 0 Å². The van der Waals surface area contributed by atoms with Crippen LogP contribution in [0.15, 0.2) is 29.3 Å². The number of alkyl halides is 2. The zero-order chi connectivity index (χ0) is 10.7. The normalized spacial score (nSPS) is 12.9. The van der Waals surface area contributed by atoms with E-state index in [4.69, 9.17) is 46.4 Å². The fourth-order valence-electron chi connectivity index (χ4n) is 0.849. The van der Waals surface area contributed by atoms with Crippen molar-refractivity contribution >= 4 is 52.2 Å². The molecule has 1 N–H and O–H groups in total. The van der Waals surface area contributed by atoms with Gasteiger partial charge in [0, 0.05) is 10.6 Å². The second kappa shape index (κ2) is 5.13. The molecule has 0 unspecified atom stereocenters. The molecule has 1 aromatic rings. The highest BCUT2D eigenvalue weighted by Crippen LogP contribution is 2.27. The molecule has 0 heterocycles. The van der Waals surface area contributed by atoms with E-state index in [0.717, 1.165) is 0 Å². The molecule has 0 amide bonds. The van der Waals surface area contributed by atoms with Crippen molar-refractivity contribution in [2.75, 3.05) is 0 Å². The summed E-state index contributed by atoms with van der Waals surface area (Å²) in [7, 11) is 0. The van der Waals surface area contributed by atoms with Gasteiger partial charge in [-0.2, -0.15) is 0 Å². The quantitative estimate of drug-likeness (QED) is 0.615. The summed E-state index contributed by atoms with van der Waals surface area (Å²) in [6, 6.07) is 6.51. The van der Waals surface area contributed by atoms with Gasteiger partial charge in [-0.3, -0.25) is 0 Å². The molecule has 0 saturated heterocycles. The van der Waals surface area contributed by atoms with E-state index >= 15 is 0 Å². The number of benzene rings is 1. The zero-order valence-corrected chi connectivity index (χ0v) is 9.87. The number of rotatable bonds is 2. The molecule has 1 nitrogen and oxygen atoms in total. The van der Waals surface area contributed by atoms with Crippen molar-refractivity contribution in [1.82, 2.24) is 0 Å². The minimum Gasteiger partial charge on any atom is -0.506 e. The maximum Gasteiger partial charge on any atom is 0.146 e. The summed E-state index contributed by atoms with van der Waals surface area (Å²) in [6.45, 7) is 0. The number of aliphatic hydroxyl groups excluding tert-OH is 1. The van der Waals surface area contributed by atoms with E-state index in [1.165, 1.54) is 0 Å². The summed E-state index contributed by atoms with van der Waals surface area (Å²) in [5.41, 5.74) is 0.519. The molecule has 0 radical (unpaired) electrons. The van der Waals surface area contributed by atoms with Crippen LogP contribution in [-0.4, -0.2) is 9.94 Å². The van der Waals surface area contributed by atoms with Gasteiger partial charge in [0.25, 0.3) is 0 Å². The van der Waals surface area contributed by atoms with Gasteiger partial charge in [-0.25, -0.2) is 0 Å². The first kappa shape index (κ1) is 12.0. The van der Waals surface area contributed by atoms with Crippen molar-refractivity contribution < 1.29 is 5.11 Å². The average Bonchev–Trinajstić information content (AvgIpc) is 2.16. The minimum absolute atomic E-state index is 0.00402. The van der Waals surface area contributed by atoms with Gasteiger partial charge in [0.1, 0.15) is 10.6 Å². The lowest BCUT2D eigenvalue weighted by atomic mass is 10.2. The molecule has 0 bridgehead atoms. The Morgan fingerprint density at radius 2 is 1.64 bits per heavy atom. The molecule has 0 aliphatic carbocycles. The molecule has 0 fully saturated rings. The zero-order valence-electron chi connectivity index (χ0n) is 6.85. The average molecular weight is 272 g/mol. The summed E-state index contributed by atoms with van der Waals surface area (Å²) in [4.78, 5) is -0.938. The van der Waals surface area contributed by atoms with E-state index in [9.17, 15) is 5.11 Å². The van der Waals surface area contributed by atoms with Crippen LogP contribution in [0.1, 0.15) is 5.56 Å². The molecule has 0 spiro atoms. The highest BCUT2D eigenvalue weighted by atomic mass is 35.5. The van der Waals surface area contributed by atoms with Crippen LogP contribution in [0.5, 0.6) is 0 Å². The Labute approximate surface area is 102 Å². The Balaban J connectivity index is 3.06. The molecular weight excluding hydrogens is 266 g/mol. The van der Waals surface area contributed by atoms with Crippen LogP contribution in [0, 0.1) is 0 Å². The topological polar surface area (TPSA) is 20.2 Å². The molecule has 14 heavy (non-hydrogen) atoms. The van der Waals surface area contributed by atoms with Gasteiger partial charge in [0.05, 0.1) is 5.03 Å². The number of allylic oxidation sites excluding steroid dienone is 1. The highest BCUT2D eigenvalue weighted by Gasteiger charge is 2.12. The highest BCUT2D eigenvalue weighted by molar-refractivity contribution is 6.53. The Morgan fingerprint density at radius 3 is 2.07 bits per heavy atom. The summed E-state index contributed by atoms with van der Waals surface area (Å²) < 4.78 is 0. The van der Waals surface area contributed by atoms with Crippen LogP contribution in [0.3, 0.4) is 0 Å². The van der Waals surface area contributed by atoms with Crippen molar-refractivity contribution in [2.45, 2.75) is 4.84 Å².